The highest BCUT2D eigenvalue weighted by molar-refractivity contribution is 7.92. The van der Waals surface area contributed by atoms with Gasteiger partial charge in [-0.3, -0.25) is 4.72 Å². The monoisotopic (exact) mass is 436 g/mol. The lowest BCUT2D eigenvalue weighted by atomic mass is 10.3. The SMILES string of the molecule is O=S(=O)(NC1CC1)c1cccc(NS(=O)(=O)c2ccccc2OC(F)(F)F)c1. The minimum absolute atomic E-state index is 0.125. The third kappa shape index (κ3) is 5.14. The number of ether oxygens (including phenoxy) is 1. The molecule has 0 heterocycles. The van der Waals surface area contributed by atoms with Gasteiger partial charge in [0.15, 0.2) is 0 Å². The molecule has 28 heavy (non-hydrogen) atoms. The van der Waals surface area contributed by atoms with Crippen molar-refractivity contribution in [1.82, 2.24) is 4.72 Å². The van der Waals surface area contributed by atoms with Crippen LogP contribution >= 0.6 is 0 Å². The summed E-state index contributed by atoms with van der Waals surface area (Å²) < 4.78 is 95.4. The molecule has 1 saturated carbocycles. The Balaban J connectivity index is 1.89. The number of hydrogen-bond acceptors (Lipinski definition) is 5. The first-order valence-corrected chi connectivity index (χ1v) is 10.9. The molecule has 0 aromatic heterocycles. The van der Waals surface area contributed by atoms with Crippen molar-refractivity contribution in [3.05, 3.63) is 48.5 Å². The molecule has 2 N–H and O–H groups in total. The minimum atomic E-state index is -5.08. The van der Waals surface area contributed by atoms with Crippen LogP contribution in [-0.4, -0.2) is 29.2 Å². The van der Waals surface area contributed by atoms with E-state index in [1.807, 2.05) is 0 Å². The van der Waals surface area contributed by atoms with E-state index in [2.05, 4.69) is 14.2 Å². The second kappa shape index (κ2) is 7.26. The highest BCUT2D eigenvalue weighted by atomic mass is 32.2. The molecule has 152 valence electrons. The van der Waals surface area contributed by atoms with Crippen molar-refractivity contribution in [2.24, 2.45) is 0 Å². The Hall–Kier alpha value is -2.31. The number of sulfonamides is 2. The van der Waals surface area contributed by atoms with Crippen molar-refractivity contribution in [2.75, 3.05) is 4.72 Å². The van der Waals surface area contributed by atoms with E-state index in [1.165, 1.54) is 30.3 Å². The Morgan fingerprint density at radius 2 is 1.61 bits per heavy atom. The number of halogens is 3. The van der Waals surface area contributed by atoms with Gasteiger partial charge in [-0.05, 0) is 43.2 Å². The third-order valence-electron chi connectivity index (χ3n) is 3.66. The van der Waals surface area contributed by atoms with Crippen molar-refractivity contribution in [3.8, 4) is 5.75 Å². The van der Waals surface area contributed by atoms with Gasteiger partial charge in [-0.15, -0.1) is 13.2 Å². The molecule has 0 saturated heterocycles. The van der Waals surface area contributed by atoms with Gasteiger partial charge in [-0.2, -0.15) is 0 Å². The molecule has 0 amide bonds. The van der Waals surface area contributed by atoms with Crippen LogP contribution in [0.2, 0.25) is 0 Å². The molecule has 3 rings (SSSR count). The molecular weight excluding hydrogens is 421 g/mol. The lowest BCUT2D eigenvalue weighted by molar-refractivity contribution is -0.275. The van der Waals surface area contributed by atoms with Crippen molar-refractivity contribution >= 4 is 25.7 Å². The summed E-state index contributed by atoms with van der Waals surface area (Å²) in [6.45, 7) is 0. The number of nitrogens with one attached hydrogen (secondary N) is 2. The lowest BCUT2D eigenvalue weighted by Crippen LogP contribution is -2.25. The second-order valence-electron chi connectivity index (χ2n) is 6.02. The summed E-state index contributed by atoms with van der Waals surface area (Å²) in [6, 6.07) is 9.05. The Bertz CT molecular complexity index is 1080. The molecule has 2 aromatic rings. The van der Waals surface area contributed by atoms with Crippen molar-refractivity contribution in [3.63, 3.8) is 0 Å². The fourth-order valence-corrected chi connectivity index (χ4v) is 4.84. The molecule has 7 nitrogen and oxygen atoms in total. The van der Waals surface area contributed by atoms with Gasteiger partial charge < -0.3 is 4.74 Å². The number of rotatable bonds is 7. The van der Waals surface area contributed by atoms with Crippen LogP contribution in [0.5, 0.6) is 5.75 Å². The summed E-state index contributed by atoms with van der Waals surface area (Å²) in [6.07, 6.45) is -3.63. The zero-order chi connectivity index (χ0) is 20.6. The zero-order valence-corrected chi connectivity index (χ0v) is 15.7. The van der Waals surface area contributed by atoms with Crippen LogP contribution in [0.1, 0.15) is 12.8 Å². The van der Waals surface area contributed by atoms with E-state index in [9.17, 15) is 30.0 Å². The molecule has 0 aliphatic heterocycles. The third-order valence-corrected chi connectivity index (χ3v) is 6.60. The fourth-order valence-electron chi connectivity index (χ4n) is 2.31. The lowest BCUT2D eigenvalue weighted by Gasteiger charge is -2.15. The molecule has 1 aliphatic carbocycles. The molecule has 0 spiro atoms. The second-order valence-corrected chi connectivity index (χ2v) is 9.39. The van der Waals surface area contributed by atoms with E-state index in [-0.39, 0.29) is 16.6 Å². The van der Waals surface area contributed by atoms with Crippen LogP contribution in [-0.2, 0) is 20.0 Å². The van der Waals surface area contributed by atoms with Gasteiger partial charge in [0.05, 0.1) is 10.6 Å². The number of para-hydroxylation sites is 1. The van der Waals surface area contributed by atoms with Gasteiger partial charge in [0.1, 0.15) is 10.6 Å². The summed E-state index contributed by atoms with van der Waals surface area (Å²) in [5, 5.41) is 0. The number of anilines is 1. The average molecular weight is 436 g/mol. The van der Waals surface area contributed by atoms with Crippen LogP contribution in [0.3, 0.4) is 0 Å². The summed E-state index contributed by atoms with van der Waals surface area (Å²) in [5.41, 5.74) is -0.125. The summed E-state index contributed by atoms with van der Waals surface area (Å²) in [5.74, 6) is -0.901. The molecule has 12 heteroatoms. The maximum Gasteiger partial charge on any atom is 0.573 e. The summed E-state index contributed by atoms with van der Waals surface area (Å²) in [4.78, 5) is -0.906. The fraction of sp³-hybridized carbons (Fsp3) is 0.250. The molecule has 2 aromatic carbocycles. The quantitative estimate of drug-likeness (QED) is 0.695. The van der Waals surface area contributed by atoms with Crippen molar-refractivity contribution < 1.29 is 34.7 Å². The van der Waals surface area contributed by atoms with Gasteiger partial charge in [0.2, 0.25) is 10.0 Å². The molecule has 0 bridgehead atoms. The first-order chi connectivity index (χ1) is 13.0. The van der Waals surface area contributed by atoms with Crippen LogP contribution in [0.25, 0.3) is 0 Å². The Morgan fingerprint density at radius 3 is 2.25 bits per heavy atom. The minimum Gasteiger partial charge on any atom is -0.404 e. The predicted molar refractivity (Wildman–Crippen MR) is 93.7 cm³/mol. The molecule has 0 unspecified atom stereocenters. The highest BCUT2D eigenvalue weighted by Gasteiger charge is 2.34. The molecule has 0 radical (unpaired) electrons. The van der Waals surface area contributed by atoms with E-state index in [0.29, 0.717) is 0 Å². The molecule has 0 atom stereocenters. The number of hydrogen-bond donors (Lipinski definition) is 2. The standard InChI is InChI=1S/C16H15F3N2O5S2/c17-16(18,19)26-14-6-1-2-7-15(14)28(24,25)21-12-4-3-5-13(10-12)27(22,23)20-11-8-9-11/h1-7,10-11,20-21H,8-9H2. The van der Waals surface area contributed by atoms with Gasteiger partial charge >= 0.3 is 6.36 Å². The summed E-state index contributed by atoms with van der Waals surface area (Å²) >= 11 is 0. The zero-order valence-electron chi connectivity index (χ0n) is 14.1. The maximum atomic E-state index is 12.5. The van der Waals surface area contributed by atoms with Crippen LogP contribution in [0, 0.1) is 0 Å². The van der Waals surface area contributed by atoms with E-state index in [4.69, 9.17) is 0 Å². The number of benzene rings is 2. The van der Waals surface area contributed by atoms with E-state index in [0.717, 1.165) is 31.0 Å². The van der Waals surface area contributed by atoms with E-state index in [1.54, 1.807) is 0 Å². The molecular formula is C16H15F3N2O5S2. The van der Waals surface area contributed by atoms with Gasteiger partial charge in [0, 0.05) is 6.04 Å². The maximum absolute atomic E-state index is 12.5. The normalized spacial score (nSPS) is 15.2. The van der Waals surface area contributed by atoms with Gasteiger partial charge in [-0.1, -0.05) is 18.2 Å². The Morgan fingerprint density at radius 1 is 0.929 bits per heavy atom. The van der Waals surface area contributed by atoms with Crippen molar-refractivity contribution in [2.45, 2.75) is 35.0 Å². The topological polar surface area (TPSA) is 102 Å². The highest BCUT2D eigenvalue weighted by Crippen LogP contribution is 2.31. The Labute approximate surface area is 159 Å². The van der Waals surface area contributed by atoms with Crippen LogP contribution < -0.4 is 14.2 Å². The first-order valence-electron chi connectivity index (χ1n) is 7.96. The van der Waals surface area contributed by atoms with Gasteiger partial charge in [-0.25, -0.2) is 21.6 Å². The average Bonchev–Trinajstić information content (AvgIpc) is 3.37. The van der Waals surface area contributed by atoms with Gasteiger partial charge in [0.25, 0.3) is 10.0 Å². The molecule has 1 fully saturated rings. The Kier molecular flexibility index (Phi) is 5.30. The van der Waals surface area contributed by atoms with Crippen LogP contribution in [0.4, 0.5) is 18.9 Å². The largest absolute Gasteiger partial charge is 0.573 e. The molecule has 1 aliphatic rings. The van der Waals surface area contributed by atoms with E-state index >= 15 is 0 Å². The first kappa shape index (κ1) is 20.4. The predicted octanol–water partition coefficient (Wildman–Crippen LogP) is 2.83. The summed E-state index contributed by atoms with van der Waals surface area (Å²) in [7, 11) is -8.31. The van der Waals surface area contributed by atoms with E-state index < -0.39 is 37.1 Å². The smallest absolute Gasteiger partial charge is 0.404 e. The van der Waals surface area contributed by atoms with Crippen LogP contribution in [0.15, 0.2) is 58.3 Å². The number of alkyl halides is 3. The van der Waals surface area contributed by atoms with Crippen molar-refractivity contribution in [1.29, 1.82) is 0 Å².